The summed E-state index contributed by atoms with van der Waals surface area (Å²) in [6, 6.07) is -0.539. The molecule has 0 saturated carbocycles. The molecule has 0 saturated heterocycles. The van der Waals surface area contributed by atoms with Crippen molar-refractivity contribution in [2.45, 2.75) is 514 Å². The zero-order valence-electron chi connectivity index (χ0n) is 63.1. The fraction of sp³-hybridized carbons (Fsp3) is 0.953. The predicted molar refractivity (Wildman–Crippen MR) is 407 cm³/mol. The molecule has 0 aliphatic rings. The minimum absolute atomic E-state index is 0.0254. The lowest BCUT2D eigenvalue weighted by molar-refractivity contribution is -0.143. The Hall–Kier alpha value is -1.40. The molecule has 1 amide bonds. The van der Waals surface area contributed by atoms with Crippen LogP contribution < -0.4 is 5.32 Å². The standard InChI is InChI=1S/C86H169NO5/c1-3-5-7-9-11-13-15-17-19-21-42-46-50-54-58-62-66-70-74-78-84(89)83(82-88)87-85(90)79-75-71-67-63-59-55-51-47-44-40-38-36-34-32-30-28-26-24-23-25-27-29-31-33-35-37-39-41-45-49-53-57-61-65-69-73-77-81-92-86(91)80-76-72-68-64-60-56-52-48-43-22-20-18-16-14-12-10-8-6-4-2/h23,25,83-84,88-89H,3-22,24,26-82H2,1-2H3,(H,87,90)/b25-23-. The second kappa shape index (κ2) is 82.0. The van der Waals surface area contributed by atoms with E-state index in [4.69, 9.17) is 4.74 Å². The Morgan fingerprint density at radius 3 is 0.772 bits per heavy atom. The van der Waals surface area contributed by atoms with E-state index >= 15 is 0 Å². The van der Waals surface area contributed by atoms with Gasteiger partial charge in [-0.05, 0) is 51.4 Å². The van der Waals surface area contributed by atoms with Crippen LogP contribution in [-0.2, 0) is 14.3 Å². The third-order valence-electron chi connectivity index (χ3n) is 20.6. The number of unbranched alkanes of at least 4 members (excludes halogenated alkanes) is 69. The molecule has 548 valence electrons. The van der Waals surface area contributed by atoms with Gasteiger partial charge in [-0.2, -0.15) is 0 Å². The van der Waals surface area contributed by atoms with Gasteiger partial charge >= 0.3 is 5.97 Å². The summed E-state index contributed by atoms with van der Waals surface area (Å²) in [7, 11) is 0. The van der Waals surface area contributed by atoms with Crippen molar-refractivity contribution in [2.24, 2.45) is 0 Å². The summed E-state index contributed by atoms with van der Waals surface area (Å²) in [5, 5.41) is 23.4. The fourth-order valence-corrected chi connectivity index (χ4v) is 14.1. The van der Waals surface area contributed by atoms with Crippen LogP contribution in [0.4, 0.5) is 0 Å². The molecule has 0 bridgehead atoms. The number of nitrogens with one attached hydrogen (secondary N) is 1. The van der Waals surface area contributed by atoms with Crippen LogP contribution in [0.3, 0.4) is 0 Å². The zero-order chi connectivity index (χ0) is 66.3. The van der Waals surface area contributed by atoms with Crippen molar-refractivity contribution < 1.29 is 24.5 Å². The highest BCUT2D eigenvalue weighted by Gasteiger charge is 2.20. The Labute approximate surface area is 578 Å². The molecule has 0 aromatic carbocycles. The van der Waals surface area contributed by atoms with Crippen LogP contribution in [0.15, 0.2) is 12.2 Å². The van der Waals surface area contributed by atoms with Crippen molar-refractivity contribution in [3.8, 4) is 0 Å². The van der Waals surface area contributed by atoms with Crippen LogP contribution in [-0.4, -0.2) is 47.4 Å². The maximum atomic E-state index is 12.6. The molecule has 3 N–H and O–H groups in total. The number of rotatable bonds is 82. The lowest BCUT2D eigenvalue weighted by atomic mass is 10.0. The molecule has 0 spiro atoms. The highest BCUT2D eigenvalue weighted by Crippen LogP contribution is 2.21. The van der Waals surface area contributed by atoms with Gasteiger partial charge in [0.2, 0.25) is 5.91 Å². The quantitative estimate of drug-likeness (QED) is 0.0320. The number of ether oxygens (including phenoxy) is 1. The molecule has 0 aliphatic carbocycles. The number of hydrogen-bond acceptors (Lipinski definition) is 5. The zero-order valence-corrected chi connectivity index (χ0v) is 63.1. The van der Waals surface area contributed by atoms with E-state index in [9.17, 15) is 19.8 Å². The van der Waals surface area contributed by atoms with E-state index in [0.717, 1.165) is 38.5 Å². The van der Waals surface area contributed by atoms with Gasteiger partial charge in [-0.15, -0.1) is 0 Å². The van der Waals surface area contributed by atoms with Gasteiger partial charge in [0, 0.05) is 12.8 Å². The third-order valence-corrected chi connectivity index (χ3v) is 20.6. The largest absolute Gasteiger partial charge is 0.466 e. The summed E-state index contributed by atoms with van der Waals surface area (Å²) in [5.74, 6) is 0.00229. The van der Waals surface area contributed by atoms with Crippen molar-refractivity contribution in [1.82, 2.24) is 5.32 Å². The van der Waals surface area contributed by atoms with Gasteiger partial charge in [0.1, 0.15) is 0 Å². The topological polar surface area (TPSA) is 95.9 Å². The molecule has 0 fully saturated rings. The van der Waals surface area contributed by atoms with Gasteiger partial charge < -0.3 is 20.3 Å². The first-order valence-corrected chi connectivity index (χ1v) is 42.9. The number of allylic oxidation sites excluding steroid dienone is 2. The average Bonchev–Trinajstić information content (AvgIpc) is 3.61. The molecule has 6 heteroatoms. The van der Waals surface area contributed by atoms with E-state index < -0.39 is 12.1 Å². The molecule has 0 aromatic rings. The molecule has 0 aromatic heterocycles. The number of esters is 1. The predicted octanol–water partition coefficient (Wildman–Crippen LogP) is 28.6. The molecular weight excluding hydrogens is 1130 g/mol. The van der Waals surface area contributed by atoms with E-state index in [1.54, 1.807) is 0 Å². The number of aliphatic hydroxyl groups excluding tert-OH is 2. The SMILES string of the molecule is CCCCCCCCCCCCCCCCCCCCCC(=O)OCCCCCCCCCCCCCCCCCC/C=C\CCCCCCCCCCCCCCCCCCCC(=O)NC(CO)C(O)CCCCCCCCCCCCCCCCCCCCC. The Morgan fingerprint density at radius 1 is 0.293 bits per heavy atom. The number of aliphatic hydroxyl groups is 2. The van der Waals surface area contributed by atoms with Gasteiger partial charge in [-0.1, -0.05) is 450 Å². The molecule has 0 radical (unpaired) electrons. The summed E-state index contributed by atoms with van der Waals surface area (Å²) in [4.78, 5) is 24.7. The highest BCUT2D eigenvalue weighted by molar-refractivity contribution is 5.76. The fourth-order valence-electron chi connectivity index (χ4n) is 14.1. The summed E-state index contributed by atoms with van der Waals surface area (Å²) >= 11 is 0. The van der Waals surface area contributed by atoms with E-state index in [-0.39, 0.29) is 18.5 Å². The van der Waals surface area contributed by atoms with Crippen LogP contribution in [0, 0.1) is 0 Å². The summed E-state index contributed by atoms with van der Waals surface area (Å²) in [6.07, 6.45) is 105. The molecule has 92 heavy (non-hydrogen) atoms. The Morgan fingerprint density at radius 2 is 0.511 bits per heavy atom. The van der Waals surface area contributed by atoms with Crippen molar-refractivity contribution >= 4 is 11.9 Å². The van der Waals surface area contributed by atoms with Crippen molar-refractivity contribution in [3.05, 3.63) is 12.2 Å². The van der Waals surface area contributed by atoms with Crippen LogP contribution in [0.5, 0.6) is 0 Å². The van der Waals surface area contributed by atoms with Crippen LogP contribution in [0.25, 0.3) is 0 Å². The molecule has 0 aliphatic heterocycles. The monoisotopic (exact) mass is 1300 g/mol. The first-order valence-electron chi connectivity index (χ1n) is 42.9. The number of amides is 1. The minimum atomic E-state index is -0.662. The minimum Gasteiger partial charge on any atom is -0.466 e. The maximum absolute atomic E-state index is 12.6. The second-order valence-corrected chi connectivity index (χ2v) is 29.9. The van der Waals surface area contributed by atoms with E-state index in [2.05, 4.69) is 31.3 Å². The lowest BCUT2D eigenvalue weighted by Crippen LogP contribution is -2.45. The molecule has 0 heterocycles. The van der Waals surface area contributed by atoms with Gasteiger partial charge in [0.05, 0.1) is 25.4 Å². The summed E-state index contributed by atoms with van der Waals surface area (Å²) < 4.78 is 5.53. The maximum Gasteiger partial charge on any atom is 0.305 e. The smallest absolute Gasteiger partial charge is 0.305 e. The highest BCUT2D eigenvalue weighted by atomic mass is 16.5. The van der Waals surface area contributed by atoms with Crippen LogP contribution >= 0.6 is 0 Å². The van der Waals surface area contributed by atoms with E-state index in [0.29, 0.717) is 25.9 Å². The van der Waals surface area contributed by atoms with Crippen molar-refractivity contribution in [2.75, 3.05) is 13.2 Å². The molecule has 6 nitrogen and oxygen atoms in total. The Bertz CT molecular complexity index is 1400. The van der Waals surface area contributed by atoms with Crippen molar-refractivity contribution in [3.63, 3.8) is 0 Å². The molecule has 2 unspecified atom stereocenters. The lowest BCUT2D eigenvalue weighted by Gasteiger charge is -2.22. The van der Waals surface area contributed by atoms with E-state index in [1.165, 1.54) is 430 Å². The molecule has 0 rings (SSSR count). The van der Waals surface area contributed by atoms with Gasteiger partial charge in [0.25, 0.3) is 0 Å². The molecule has 2 atom stereocenters. The van der Waals surface area contributed by atoms with E-state index in [1.807, 2.05) is 0 Å². The first kappa shape index (κ1) is 90.6. The number of carbonyl (C=O) groups is 2. The van der Waals surface area contributed by atoms with Crippen LogP contribution in [0.1, 0.15) is 502 Å². The second-order valence-electron chi connectivity index (χ2n) is 29.9. The number of carbonyl (C=O) groups excluding carboxylic acids is 2. The first-order chi connectivity index (χ1) is 45.5. The van der Waals surface area contributed by atoms with Gasteiger partial charge in [-0.25, -0.2) is 0 Å². The van der Waals surface area contributed by atoms with Gasteiger partial charge in [-0.3, -0.25) is 9.59 Å². The van der Waals surface area contributed by atoms with Crippen molar-refractivity contribution in [1.29, 1.82) is 0 Å². The van der Waals surface area contributed by atoms with Crippen LogP contribution in [0.2, 0.25) is 0 Å². The van der Waals surface area contributed by atoms with Gasteiger partial charge in [0.15, 0.2) is 0 Å². The Balaban J connectivity index is 3.31. The molecular formula is C86H169NO5. The Kier molecular flexibility index (Phi) is 80.8. The normalized spacial score (nSPS) is 12.4. The average molecular weight is 1300 g/mol. The summed E-state index contributed by atoms with van der Waals surface area (Å²) in [6.45, 7) is 5.02. The summed E-state index contributed by atoms with van der Waals surface area (Å²) in [5.41, 5.74) is 0. The third kappa shape index (κ3) is 77.6. The number of hydrogen-bond donors (Lipinski definition) is 3.